The van der Waals surface area contributed by atoms with Gasteiger partial charge in [-0.25, -0.2) is 0 Å². The van der Waals surface area contributed by atoms with E-state index in [1.54, 1.807) is 6.07 Å². The van der Waals surface area contributed by atoms with Crippen LogP contribution in [0.3, 0.4) is 0 Å². The molecule has 16 heavy (non-hydrogen) atoms. The predicted molar refractivity (Wildman–Crippen MR) is 63.6 cm³/mol. The summed E-state index contributed by atoms with van der Waals surface area (Å²) in [6, 6.07) is 1.78. The number of nitrogens with zero attached hydrogens (tertiary/aromatic N) is 1. The van der Waals surface area contributed by atoms with E-state index in [9.17, 15) is 4.79 Å². The maximum atomic E-state index is 11.8. The molecule has 1 N–H and O–H groups in total. The van der Waals surface area contributed by atoms with Gasteiger partial charge in [-0.1, -0.05) is 40.3 Å². The summed E-state index contributed by atoms with van der Waals surface area (Å²) in [5.41, 5.74) is 0.351. The van der Waals surface area contributed by atoms with E-state index in [-0.39, 0.29) is 11.9 Å². The highest BCUT2D eigenvalue weighted by Crippen LogP contribution is 2.23. The molecule has 4 nitrogen and oxygen atoms in total. The smallest absolute Gasteiger partial charge is 0.273 e. The first-order valence-corrected chi connectivity index (χ1v) is 6.54. The lowest BCUT2D eigenvalue weighted by Crippen LogP contribution is -2.40. The molecule has 2 rings (SSSR count). The number of nitrogens with one attached hydrogen (secondary N) is 1. The van der Waals surface area contributed by atoms with Crippen LogP contribution in [-0.2, 0) is 0 Å². The Morgan fingerprint density at radius 1 is 1.44 bits per heavy atom. The Balaban J connectivity index is 1.95. The average molecular weight is 287 g/mol. The van der Waals surface area contributed by atoms with E-state index in [0.717, 1.165) is 12.8 Å². The van der Waals surface area contributed by atoms with E-state index in [1.165, 1.54) is 25.5 Å². The van der Waals surface area contributed by atoms with Crippen LogP contribution in [0.15, 0.2) is 16.9 Å². The second-order valence-electron chi connectivity index (χ2n) is 4.12. The van der Waals surface area contributed by atoms with Gasteiger partial charge >= 0.3 is 0 Å². The largest absolute Gasteiger partial charge is 0.364 e. The fraction of sp³-hybridized carbons (Fsp3) is 0.636. The van der Waals surface area contributed by atoms with Crippen LogP contribution in [-0.4, -0.2) is 21.9 Å². The molecule has 0 aliphatic heterocycles. The monoisotopic (exact) mass is 286 g/mol. The summed E-state index contributed by atoms with van der Waals surface area (Å²) in [6.07, 6.45) is 7.20. The molecule has 2 unspecified atom stereocenters. The zero-order valence-corrected chi connectivity index (χ0v) is 10.6. The topological polar surface area (TPSA) is 55.1 Å². The Labute approximate surface area is 103 Å². The number of rotatable bonds is 2. The third kappa shape index (κ3) is 2.84. The van der Waals surface area contributed by atoms with Crippen molar-refractivity contribution in [1.29, 1.82) is 0 Å². The highest BCUT2D eigenvalue weighted by Gasteiger charge is 2.23. The highest BCUT2D eigenvalue weighted by atomic mass is 79.9. The Morgan fingerprint density at radius 2 is 2.25 bits per heavy atom. The van der Waals surface area contributed by atoms with Crippen molar-refractivity contribution < 1.29 is 9.32 Å². The minimum Gasteiger partial charge on any atom is -0.364 e. The molecule has 1 aliphatic carbocycles. The van der Waals surface area contributed by atoms with Crippen molar-refractivity contribution in [2.45, 2.75) is 43.0 Å². The summed E-state index contributed by atoms with van der Waals surface area (Å²) in [7, 11) is 0. The quantitative estimate of drug-likeness (QED) is 0.671. The molecule has 0 aromatic carbocycles. The molecule has 1 aliphatic rings. The SMILES string of the molecule is O=C(NC1CCCCCC1Br)c1ccon1. The number of halogens is 1. The lowest BCUT2D eigenvalue weighted by Gasteiger charge is -2.20. The molecule has 0 saturated heterocycles. The Morgan fingerprint density at radius 3 is 3.00 bits per heavy atom. The maximum absolute atomic E-state index is 11.8. The van der Waals surface area contributed by atoms with E-state index in [1.807, 2.05) is 0 Å². The summed E-state index contributed by atoms with van der Waals surface area (Å²) >= 11 is 3.64. The Hall–Kier alpha value is -0.840. The zero-order chi connectivity index (χ0) is 11.4. The van der Waals surface area contributed by atoms with E-state index in [0.29, 0.717) is 10.5 Å². The van der Waals surface area contributed by atoms with Crippen LogP contribution in [0.5, 0.6) is 0 Å². The molecule has 0 radical (unpaired) electrons. The lowest BCUT2D eigenvalue weighted by atomic mass is 10.1. The second kappa shape index (κ2) is 5.48. The van der Waals surface area contributed by atoms with Crippen LogP contribution in [0.4, 0.5) is 0 Å². The van der Waals surface area contributed by atoms with Gasteiger partial charge in [0.15, 0.2) is 5.69 Å². The van der Waals surface area contributed by atoms with Gasteiger partial charge in [0.1, 0.15) is 6.26 Å². The standard InChI is InChI=1S/C11H15BrN2O2/c12-8-4-2-1-3-5-9(8)13-11(15)10-6-7-16-14-10/h6-9H,1-5H2,(H,13,15). The minimum absolute atomic E-state index is 0.148. The first-order valence-electron chi connectivity index (χ1n) is 5.62. The molecule has 1 fully saturated rings. The van der Waals surface area contributed by atoms with Gasteiger partial charge in [-0.2, -0.15) is 0 Å². The lowest BCUT2D eigenvalue weighted by molar-refractivity contribution is 0.0925. The Kier molecular flexibility index (Phi) is 3.98. The van der Waals surface area contributed by atoms with E-state index >= 15 is 0 Å². The molecule has 0 bridgehead atoms. The average Bonchev–Trinajstić information content (AvgIpc) is 2.73. The van der Waals surface area contributed by atoms with Crippen molar-refractivity contribution in [3.05, 3.63) is 18.0 Å². The van der Waals surface area contributed by atoms with Crippen LogP contribution in [0.2, 0.25) is 0 Å². The third-order valence-electron chi connectivity index (χ3n) is 2.92. The maximum Gasteiger partial charge on any atom is 0.273 e. The minimum atomic E-state index is -0.148. The molecule has 5 heteroatoms. The fourth-order valence-electron chi connectivity index (χ4n) is 2.00. The number of carbonyl (C=O) groups excluding carboxylic acids is 1. The molecule has 1 heterocycles. The summed E-state index contributed by atoms with van der Waals surface area (Å²) in [5, 5.41) is 6.63. The zero-order valence-electron chi connectivity index (χ0n) is 8.99. The van der Waals surface area contributed by atoms with Gasteiger partial charge in [0.2, 0.25) is 0 Å². The van der Waals surface area contributed by atoms with Gasteiger partial charge in [0.25, 0.3) is 5.91 Å². The van der Waals surface area contributed by atoms with E-state index < -0.39 is 0 Å². The van der Waals surface area contributed by atoms with Gasteiger partial charge in [-0.05, 0) is 12.8 Å². The third-order valence-corrected chi connectivity index (χ3v) is 4.01. The van der Waals surface area contributed by atoms with Crippen LogP contribution >= 0.6 is 15.9 Å². The van der Waals surface area contributed by atoms with Crippen LogP contribution in [0.1, 0.15) is 42.6 Å². The Bertz CT molecular complexity index is 340. The molecule has 1 aromatic rings. The second-order valence-corrected chi connectivity index (χ2v) is 5.29. The van der Waals surface area contributed by atoms with Crippen molar-refractivity contribution in [2.24, 2.45) is 0 Å². The predicted octanol–water partition coefficient (Wildman–Crippen LogP) is 2.50. The molecular formula is C11H15BrN2O2. The van der Waals surface area contributed by atoms with Crippen LogP contribution in [0, 0.1) is 0 Å². The molecular weight excluding hydrogens is 272 g/mol. The summed E-state index contributed by atoms with van der Waals surface area (Å²) in [5.74, 6) is -0.148. The van der Waals surface area contributed by atoms with Crippen LogP contribution < -0.4 is 5.32 Å². The first-order chi connectivity index (χ1) is 7.77. The normalized spacial score (nSPS) is 26.1. The molecule has 1 aromatic heterocycles. The summed E-state index contributed by atoms with van der Waals surface area (Å²) in [4.78, 5) is 12.1. The number of hydrogen-bond acceptors (Lipinski definition) is 3. The highest BCUT2D eigenvalue weighted by molar-refractivity contribution is 9.09. The molecule has 88 valence electrons. The van der Waals surface area contributed by atoms with E-state index in [4.69, 9.17) is 0 Å². The van der Waals surface area contributed by atoms with Crippen molar-refractivity contribution >= 4 is 21.8 Å². The number of carbonyl (C=O) groups is 1. The molecule has 1 saturated carbocycles. The van der Waals surface area contributed by atoms with Crippen molar-refractivity contribution in [3.63, 3.8) is 0 Å². The summed E-state index contributed by atoms with van der Waals surface area (Å²) < 4.78 is 4.65. The van der Waals surface area contributed by atoms with Gasteiger partial charge in [-0.3, -0.25) is 4.79 Å². The number of aromatic nitrogens is 1. The van der Waals surface area contributed by atoms with Crippen molar-refractivity contribution in [3.8, 4) is 0 Å². The summed E-state index contributed by atoms with van der Waals surface area (Å²) in [6.45, 7) is 0. The van der Waals surface area contributed by atoms with E-state index in [2.05, 4.69) is 30.9 Å². The van der Waals surface area contributed by atoms with Gasteiger partial charge in [0.05, 0.1) is 0 Å². The van der Waals surface area contributed by atoms with Gasteiger partial charge < -0.3 is 9.84 Å². The van der Waals surface area contributed by atoms with Gasteiger partial charge in [0, 0.05) is 16.9 Å². The number of alkyl halides is 1. The number of hydrogen-bond donors (Lipinski definition) is 1. The first kappa shape index (κ1) is 11.6. The van der Waals surface area contributed by atoms with Gasteiger partial charge in [-0.15, -0.1) is 0 Å². The molecule has 1 amide bonds. The number of amides is 1. The van der Waals surface area contributed by atoms with Crippen LogP contribution in [0.25, 0.3) is 0 Å². The molecule has 2 atom stereocenters. The fourth-order valence-corrected chi connectivity index (χ4v) is 2.72. The van der Waals surface area contributed by atoms with Crippen molar-refractivity contribution in [1.82, 2.24) is 10.5 Å². The molecule has 0 spiro atoms. The van der Waals surface area contributed by atoms with Crippen molar-refractivity contribution in [2.75, 3.05) is 0 Å².